The zero-order chi connectivity index (χ0) is 15.2. The van der Waals surface area contributed by atoms with Crippen molar-refractivity contribution in [2.24, 2.45) is 5.92 Å². The van der Waals surface area contributed by atoms with E-state index in [-0.39, 0.29) is 0 Å². The molecule has 1 aromatic carbocycles. The van der Waals surface area contributed by atoms with Crippen molar-refractivity contribution in [2.75, 3.05) is 20.2 Å². The Kier molecular flexibility index (Phi) is 5.39. The first-order valence-electron chi connectivity index (χ1n) is 7.42. The highest BCUT2D eigenvalue weighted by Crippen LogP contribution is 2.26. The van der Waals surface area contributed by atoms with Gasteiger partial charge in [0.2, 0.25) is 0 Å². The number of hydrogen-bond donors (Lipinski definition) is 1. The van der Waals surface area contributed by atoms with Crippen LogP contribution in [-0.2, 0) is 11.3 Å². The van der Waals surface area contributed by atoms with Gasteiger partial charge >= 0.3 is 5.97 Å². The number of nitrogens with zero attached hydrogens (tertiary/aromatic N) is 1. The molecule has 1 unspecified atom stereocenters. The highest BCUT2D eigenvalue weighted by molar-refractivity contribution is 5.85. The van der Waals surface area contributed by atoms with Crippen LogP contribution in [0.15, 0.2) is 24.3 Å². The van der Waals surface area contributed by atoms with Gasteiger partial charge in [-0.05, 0) is 42.7 Å². The fraction of sp³-hybridized carbons (Fsp3) is 0.471. The molecule has 1 fully saturated rings. The Bertz CT molecular complexity index is 525. The highest BCUT2D eigenvalue weighted by atomic mass is 16.5. The smallest absolute Gasteiger partial charge is 0.328 e. The average molecular weight is 289 g/mol. The molecule has 1 N–H and O–H groups in total. The molecule has 0 spiro atoms. The number of hydrogen-bond acceptors (Lipinski definition) is 3. The summed E-state index contributed by atoms with van der Waals surface area (Å²) in [7, 11) is 1.67. The van der Waals surface area contributed by atoms with E-state index in [1.807, 2.05) is 18.2 Å². The standard InChI is InChI=1S/C17H23NO3/c1-3-13-8-9-18(11-13)12-15-10-14(5-7-17(19)20)4-6-16(15)21-2/h4-7,10,13H,3,8-9,11-12H2,1-2H3,(H,19,20)/b7-5+. The molecule has 0 amide bonds. The van der Waals surface area contributed by atoms with E-state index in [1.54, 1.807) is 13.2 Å². The minimum absolute atomic E-state index is 0.797. The molecule has 0 bridgehead atoms. The van der Waals surface area contributed by atoms with Crippen LogP contribution in [0.5, 0.6) is 5.75 Å². The van der Waals surface area contributed by atoms with E-state index < -0.39 is 5.97 Å². The van der Waals surface area contributed by atoms with Crippen LogP contribution in [0.4, 0.5) is 0 Å². The van der Waals surface area contributed by atoms with E-state index in [1.165, 1.54) is 12.8 Å². The van der Waals surface area contributed by atoms with Gasteiger partial charge < -0.3 is 9.84 Å². The number of carbonyl (C=O) groups is 1. The molecule has 0 aromatic heterocycles. The molecule has 0 aliphatic carbocycles. The van der Waals surface area contributed by atoms with Gasteiger partial charge in [-0.15, -0.1) is 0 Å². The third kappa shape index (κ3) is 4.33. The summed E-state index contributed by atoms with van der Waals surface area (Å²) in [6, 6.07) is 5.79. The highest BCUT2D eigenvalue weighted by Gasteiger charge is 2.21. The molecule has 0 radical (unpaired) electrons. The number of carboxylic acids is 1. The van der Waals surface area contributed by atoms with Gasteiger partial charge in [0.15, 0.2) is 0 Å². The molecule has 21 heavy (non-hydrogen) atoms. The Balaban J connectivity index is 2.12. The maximum atomic E-state index is 10.6. The Labute approximate surface area is 126 Å². The van der Waals surface area contributed by atoms with Gasteiger partial charge in [-0.25, -0.2) is 4.79 Å². The predicted molar refractivity (Wildman–Crippen MR) is 83.3 cm³/mol. The second kappa shape index (κ2) is 7.27. The zero-order valence-corrected chi connectivity index (χ0v) is 12.7. The SMILES string of the molecule is CCC1CCN(Cc2cc(/C=C/C(=O)O)ccc2OC)C1. The second-order valence-electron chi connectivity index (χ2n) is 5.54. The van der Waals surface area contributed by atoms with Crippen molar-refractivity contribution >= 4 is 12.0 Å². The van der Waals surface area contributed by atoms with Crippen molar-refractivity contribution < 1.29 is 14.6 Å². The summed E-state index contributed by atoms with van der Waals surface area (Å²) < 4.78 is 5.42. The van der Waals surface area contributed by atoms with Crippen molar-refractivity contribution in [1.82, 2.24) is 4.90 Å². The Morgan fingerprint density at radius 1 is 1.52 bits per heavy atom. The van der Waals surface area contributed by atoms with E-state index in [2.05, 4.69) is 11.8 Å². The first-order chi connectivity index (χ1) is 10.1. The van der Waals surface area contributed by atoms with E-state index in [0.29, 0.717) is 0 Å². The molecule has 114 valence electrons. The number of methoxy groups -OCH3 is 1. The molecular weight excluding hydrogens is 266 g/mol. The summed E-state index contributed by atoms with van der Waals surface area (Å²) in [6.45, 7) is 5.35. The van der Waals surface area contributed by atoms with Gasteiger partial charge in [-0.1, -0.05) is 19.4 Å². The number of ether oxygens (including phenoxy) is 1. The van der Waals surface area contributed by atoms with E-state index in [4.69, 9.17) is 9.84 Å². The van der Waals surface area contributed by atoms with Crippen molar-refractivity contribution in [3.63, 3.8) is 0 Å². The van der Waals surface area contributed by atoms with Gasteiger partial charge in [-0.2, -0.15) is 0 Å². The molecule has 2 rings (SSSR count). The largest absolute Gasteiger partial charge is 0.496 e. The lowest BCUT2D eigenvalue weighted by Gasteiger charge is -2.18. The van der Waals surface area contributed by atoms with Crippen LogP contribution in [0.3, 0.4) is 0 Å². The van der Waals surface area contributed by atoms with Gasteiger partial charge in [0.05, 0.1) is 7.11 Å². The molecule has 4 heteroatoms. The first-order valence-corrected chi connectivity index (χ1v) is 7.42. The monoisotopic (exact) mass is 289 g/mol. The summed E-state index contributed by atoms with van der Waals surface area (Å²) in [4.78, 5) is 13.0. The molecule has 1 saturated heterocycles. The van der Waals surface area contributed by atoms with Crippen LogP contribution in [0.2, 0.25) is 0 Å². The van der Waals surface area contributed by atoms with Crippen LogP contribution >= 0.6 is 0 Å². The quantitative estimate of drug-likeness (QED) is 0.818. The third-order valence-electron chi connectivity index (χ3n) is 4.06. The van der Waals surface area contributed by atoms with E-state index in [0.717, 1.165) is 48.5 Å². The molecule has 1 aliphatic heterocycles. The molecule has 0 saturated carbocycles. The van der Waals surface area contributed by atoms with Gasteiger partial charge in [0, 0.05) is 24.7 Å². The Morgan fingerprint density at radius 3 is 2.95 bits per heavy atom. The average Bonchev–Trinajstić information content (AvgIpc) is 2.93. The van der Waals surface area contributed by atoms with Crippen molar-refractivity contribution in [2.45, 2.75) is 26.3 Å². The lowest BCUT2D eigenvalue weighted by atomic mass is 10.1. The summed E-state index contributed by atoms with van der Waals surface area (Å²) in [5.41, 5.74) is 2.00. The van der Waals surface area contributed by atoms with Crippen LogP contribution in [0.1, 0.15) is 30.9 Å². The topological polar surface area (TPSA) is 49.8 Å². The van der Waals surface area contributed by atoms with Crippen LogP contribution in [0.25, 0.3) is 6.08 Å². The van der Waals surface area contributed by atoms with Crippen LogP contribution in [0, 0.1) is 5.92 Å². The Hall–Kier alpha value is -1.81. The maximum absolute atomic E-state index is 10.6. The number of benzene rings is 1. The summed E-state index contributed by atoms with van der Waals surface area (Å²) in [5.74, 6) is 0.728. The van der Waals surface area contributed by atoms with Crippen LogP contribution in [-0.4, -0.2) is 36.2 Å². The fourth-order valence-electron chi connectivity index (χ4n) is 2.82. The first kappa shape index (κ1) is 15.6. The maximum Gasteiger partial charge on any atom is 0.328 e. The molecule has 1 aromatic rings. The van der Waals surface area contributed by atoms with E-state index >= 15 is 0 Å². The number of likely N-dealkylation sites (tertiary alicyclic amines) is 1. The van der Waals surface area contributed by atoms with Crippen molar-refractivity contribution in [3.05, 3.63) is 35.4 Å². The lowest BCUT2D eigenvalue weighted by molar-refractivity contribution is -0.131. The van der Waals surface area contributed by atoms with Crippen molar-refractivity contribution in [1.29, 1.82) is 0 Å². The normalized spacial score (nSPS) is 19.2. The van der Waals surface area contributed by atoms with Gasteiger partial charge in [0.25, 0.3) is 0 Å². The minimum atomic E-state index is -0.933. The molecule has 1 heterocycles. The zero-order valence-electron chi connectivity index (χ0n) is 12.7. The predicted octanol–water partition coefficient (Wildman–Crippen LogP) is 3.02. The minimum Gasteiger partial charge on any atom is -0.496 e. The van der Waals surface area contributed by atoms with Gasteiger partial charge in [-0.3, -0.25) is 4.90 Å². The summed E-state index contributed by atoms with van der Waals surface area (Å²) in [6.07, 6.45) is 5.27. The third-order valence-corrected chi connectivity index (χ3v) is 4.06. The molecular formula is C17H23NO3. The van der Waals surface area contributed by atoms with Crippen LogP contribution < -0.4 is 4.74 Å². The molecule has 4 nitrogen and oxygen atoms in total. The number of aliphatic carboxylic acids is 1. The van der Waals surface area contributed by atoms with E-state index in [9.17, 15) is 4.79 Å². The molecule has 1 atom stereocenters. The Morgan fingerprint density at radius 2 is 2.33 bits per heavy atom. The summed E-state index contributed by atoms with van der Waals surface area (Å²) >= 11 is 0. The molecule has 1 aliphatic rings. The lowest BCUT2D eigenvalue weighted by Crippen LogP contribution is -2.20. The number of carboxylic acid groups (broad SMARTS) is 1. The fourth-order valence-corrected chi connectivity index (χ4v) is 2.82. The van der Waals surface area contributed by atoms with Crippen molar-refractivity contribution in [3.8, 4) is 5.75 Å². The summed E-state index contributed by atoms with van der Waals surface area (Å²) in [5, 5.41) is 8.71. The number of rotatable bonds is 6. The van der Waals surface area contributed by atoms with Gasteiger partial charge in [0.1, 0.15) is 5.75 Å². The second-order valence-corrected chi connectivity index (χ2v) is 5.54.